The first-order valence-electron chi connectivity index (χ1n) is 10.3. The van der Waals surface area contributed by atoms with Gasteiger partial charge in [-0.15, -0.1) is 0 Å². The van der Waals surface area contributed by atoms with Crippen molar-refractivity contribution in [3.63, 3.8) is 0 Å². The van der Waals surface area contributed by atoms with E-state index in [0.717, 1.165) is 40.7 Å². The van der Waals surface area contributed by atoms with Crippen molar-refractivity contribution in [2.45, 2.75) is 25.8 Å². The fourth-order valence-electron chi connectivity index (χ4n) is 3.45. The monoisotopic (exact) mass is 423 g/mol. The SMILES string of the molecule is COCCNc1ncc(-c2cc(C(=O)NC3CC3)c(F)cc2C)cc1-c1cnn(C)c1. The second-order valence-electron chi connectivity index (χ2n) is 7.84. The first kappa shape index (κ1) is 21.0. The number of rotatable bonds is 8. The highest BCUT2D eigenvalue weighted by atomic mass is 19.1. The molecule has 1 amide bonds. The summed E-state index contributed by atoms with van der Waals surface area (Å²) in [5.41, 5.74) is 4.13. The van der Waals surface area contributed by atoms with Gasteiger partial charge in [0.1, 0.15) is 11.6 Å². The molecule has 0 aliphatic heterocycles. The minimum Gasteiger partial charge on any atom is -0.383 e. The fraction of sp³-hybridized carbons (Fsp3) is 0.348. The Bertz CT molecular complexity index is 1110. The van der Waals surface area contributed by atoms with Crippen LogP contribution in [0, 0.1) is 12.7 Å². The third kappa shape index (κ3) is 4.74. The number of anilines is 1. The number of amides is 1. The van der Waals surface area contributed by atoms with Gasteiger partial charge < -0.3 is 15.4 Å². The zero-order valence-corrected chi connectivity index (χ0v) is 17.9. The Labute approximate surface area is 180 Å². The Balaban J connectivity index is 1.74. The molecule has 2 N–H and O–H groups in total. The summed E-state index contributed by atoms with van der Waals surface area (Å²) in [6, 6.07) is 5.17. The second kappa shape index (κ2) is 8.85. The van der Waals surface area contributed by atoms with Crippen LogP contribution in [0.5, 0.6) is 0 Å². The lowest BCUT2D eigenvalue weighted by Gasteiger charge is -2.14. The van der Waals surface area contributed by atoms with Gasteiger partial charge in [0, 0.05) is 55.8 Å². The molecule has 3 aromatic rings. The Morgan fingerprint density at radius 2 is 2.03 bits per heavy atom. The molecule has 2 aromatic heterocycles. The van der Waals surface area contributed by atoms with Crippen LogP contribution in [0.4, 0.5) is 10.2 Å². The predicted octanol–water partition coefficient (Wildman–Crippen LogP) is 3.55. The van der Waals surface area contributed by atoms with Gasteiger partial charge in [-0.05, 0) is 49.1 Å². The molecule has 1 aliphatic carbocycles. The number of carbonyl (C=O) groups excluding carboxylic acids is 1. The molecule has 2 heterocycles. The zero-order valence-electron chi connectivity index (χ0n) is 17.9. The van der Waals surface area contributed by atoms with E-state index >= 15 is 0 Å². The van der Waals surface area contributed by atoms with Crippen molar-refractivity contribution >= 4 is 11.7 Å². The molecule has 162 valence electrons. The molecule has 0 radical (unpaired) electrons. The van der Waals surface area contributed by atoms with Crippen LogP contribution in [-0.4, -0.2) is 47.0 Å². The first-order chi connectivity index (χ1) is 15.0. The van der Waals surface area contributed by atoms with Crippen LogP contribution in [0.25, 0.3) is 22.3 Å². The summed E-state index contributed by atoms with van der Waals surface area (Å²) in [5.74, 6) is -0.183. The Kier molecular flexibility index (Phi) is 5.99. The Hall–Kier alpha value is -3.26. The fourth-order valence-corrected chi connectivity index (χ4v) is 3.45. The molecular formula is C23H26FN5O2. The number of carbonyl (C=O) groups is 1. The first-order valence-corrected chi connectivity index (χ1v) is 10.3. The van der Waals surface area contributed by atoms with E-state index in [1.807, 2.05) is 26.2 Å². The van der Waals surface area contributed by atoms with Gasteiger partial charge >= 0.3 is 0 Å². The molecule has 1 aromatic carbocycles. The highest BCUT2D eigenvalue weighted by Crippen LogP contribution is 2.33. The molecule has 8 heteroatoms. The van der Waals surface area contributed by atoms with Crippen LogP contribution >= 0.6 is 0 Å². The highest BCUT2D eigenvalue weighted by molar-refractivity contribution is 5.96. The van der Waals surface area contributed by atoms with Gasteiger partial charge in [-0.25, -0.2) is 9.37 Å². The topological polar surface area (TPSA) is 81.1 Å². The number of aryl methyl sites for hydroxylation is 2. The molecule has 0 unspecified atom stereocenters. The number of hydrogen-bond acceptors (Lipinski definition) is 5. The average Bonchev–Trinajstić information content (AvgIpc) is 3.45. The third-order valence-electron chi connectivity index (χ3n) is 5.28. The van der Waals surface area contributed by atoms with Gasteiger partial charge in [0.2, 0.25) is 0 Å². The molecule has 0 spiro atoms. The maximum Gasteiger partial charge on any atom is 0.254 e. The lowest BCUT2D eigenvalue weighted by atomic mass is 9.96. The van der Waals surface area contributed by atoms with Crippen LogP contribution < -0.4 is 10.6 Å². The number of methoxy groups -OCH3 is 1. The number of nitrogens with one attached hydrogen (secondary N) is 2. The largest absolute Gasteiger partial charge is 0.383 e. The Morgan fingerprint density at radius 3 is 2.71 bits per heavy atom. The lowest BCUT2D eigenvalue weighted by molar-refractivity contribution is 0.0947. The number of benzene rings is 1. The summed E-state index contributed by atoms with van der Waals surface area (Å²) < 4.78 is 21.4. The van der Waals surface area contributed by atoms with Crippen molar-refractivity contribution in [3.05, 3.63) is 53.7 Å². The van der Waals surface area contributed by atoms with Crippen molar-refractivity contribution in [1.29, 1.82) is 0 Å². The van der Waals surface area contributed by atoms with E-state index in [4.69, 9.17) is 4.74 Å². The summed E-state index contributed by atoms with van der Waals surface area (Å²) >= 11 is 0. The van der Waals surface area contributed by atoms with E-state index in [2.05, 4.69) is 20.7 Å². The molecule has 1 saturated carbocycles. The Morgan fingerprint density at radius 1 is 1.23 bits per heavy atom. The van der Waals surface area contributed by atoms with Gasteiger partial charge in [-0.3, -0.25) is 9.48 Å². The number of pyridine rings is 1. The minimum absolute atomic E-state index is 0.0534. The standard InChI is InChI=1S/C23H26FN5O2/c1-14-8-21(24)20(23(30)28-17-4-5-17)10-18(14)15-9-19(16-12-27-29(2)13-16)22(26-11-15)25-6-7-31-3/h8-13,17H,4-7H2,1-3H3,(H,25,26)(H,28,30). The normalized spacial score (nSPS) is 13.3. The summed E-state index contributed by atoms with van der Waals surface area (Å²) in [6.07, 6.45) is 7.31. The van der Waals surface area contributed by atoms with Crippen molar-refractivity contribution < 1.29 is 13.9 Å². The third-order valence-corrected chi connectivity index (χ3v) is 5.28. The van der Waals surface area contributed by atoms with Gasteiger partial charge in [0.15, 0.2) is 0 Å². The molecule has 31 heavy (non-hydrogen) atoms. The molecule has 0 bridgehead atoms. The molecule has 0 atom stereocenters. The van der Waals surface area contributed by atoms with E-state index in [9.17, 15) is 9.18 Å². The summed E-state index contributed by atoms with van der Waals surface area (Å²) in [5, 5.41) is 10.4. The van der Waals surface area contributed by atoms with E-state index in [0.29, 0.717) is 19.0 Å². The zero-order chi connectivity index (χ0) is 22.0. The minimum atomic E-state index is -0.516. The summed E-state index contributed by atoms with van der Waals surface area (Å²) in [6.45, 7) is 2.99. The van der Waals surface area contributed by atoms with Crippen LogP contribution in [0.15, 0.2) is 36.8 Å². The van der Waals surface area contributed by atoms with E-state index < -0.39 is 5.82 Å². The molecular weight excluding hydrogens is 397 g/mol. The average molecular weight is 423 g/mol. The number of aromatic nitrogens is 3. The maximum atomic E-state index is 14.5. The van der Waals surface area contributed by atoms with Crippen LogP contribution in [0.3, 0.4) is 0 Å². The molecule has 7 nitrogen and oxygen atoms in total. The predicted molar refractivity (Wildman–Crippen MR) is 117 cm³/mol. The number of halogens is 1. The molecule has 1 aliphatic rings. The lowest BCUT2D eigenvalue weighted by Crippen LogP contribution is -2.26. The van der Waals surface area contributed by atoms with E-state index in [1.54, 1.807) is 30.3 Å². The van der Waals surface area contributed by atoms with Crippen molar-refractivity contribution in [2.75, 3.05) is 25.6 Å². The molecule has 1 fully saturated rings. The maximum absolute atomic E-state index is 14.5. The van der Waals surface area contributed by atoms with E-state index in [-0.39, 0.29) is 17.5 Å². The van der Waals surface area contributed by atoms with Gasteiger partial charge in [-0.2, -0.15) is 5.10 Å². The number of ether oxygens (including phenoxy) is 1. The van der Waals surface area contributed by atoms with Gasteiger partial charge in [0.05, 0.1) is 18.4 Å². The highest BCUT2D eigenvalue weighted by Gasteiger charge is 2.25. The van der Waals surface area contributed by atoms with E-state index in [1.165, 1.54) is 6.07 Å². The van der Waals surface area contributed by atoms with Gasteiger partial charge in [-0.1, -0.05) is 0 Å². The summed E-state index contributed by atoms with van der Waals surface area (Å²) in [4.78, 5) is 17.1. The molecule has 4 rings (SSSR count). The number of nitrogens with zero attached hydrogens (tertiary/aromatic N) is 3. The molecule has 0 saturated heterocycles. The number of hydrogen-bond donors (Lipinski definition) is 2. The van der Waals surface area contributed by atoms with Crippen LogP contribution in [0.2, 0.25) is 0 Å². The van der Waals surface area contributed by atoms with Crippen molar-refractivity contribution in [2.24, 2.45) is 7.05 Å². The van der Waals surface area contributed by atoms with Crippen molar-refractivity contribution in [1.82, 2.24) is 20.1 Å². The smallest absolute Gasteiger partial charge is 0.254 e. The van der Waals surface area contributed by atoms with Crippen LogP contribution in [0.1, 0.15) is 28.8 Å². The quantitative estimate of drug-likeness (QED) is 0.542. The second-order valence-corrected chi connectivity index (χ2v) is 7.84. The van der Waals surface area contributed by atoms with Gasteiger partial charge in [0.25, 0.3) is 5.91 Å². The van der Waals surface area contributed by atoms with Crippen molar-refractivity contribution in [3.8, 4) is 22.3 Å². The summed E-state index contributed by atoms with van der Waals surface area (Å²) in [7, 11) is 3.50. The van der Waals surface area contributed by atoms with Crippen LogP contribution in [-0.2, 0) is 11.8 Å².